The number of piperidine rings is 1. The SMILES string of the molecule is CCN(CCNCC(O)c1ccc(O)c2[nH]c(=O)ccc12)C(=O)CCOCCc1cccc(CN2CCC3(CC2)CN(C(=O)c2ccn(CC4CC4)n2)CCO3)c1F. The van der Waals surface area contributed by atoms with Crippen molar-refractivity contribution >= 4 is 22.7 Å². The average Bonchev–Trinajstić information content (AvgIpc) is 3.93. The number of hydrogen-bond donors (Lipinski definition) is 4. The number of amides is 2. The molecule has 58 heavy (non-hydrogen) atoms. The van der Waals surface area contributed by atoms with Gasteiger partial charge in [0.1, 0.15) is 17.3 Å². The molecule has 4 N–H and O–H groups in total. The molecule has 0 radical (unpaired) electrons. The number of H-pyrrole nitrogens is 1. The number of morpholine rings is 1. The van der Waals surface area contributed by atoms with E-state index in [0.717, 1.165) is 32.5 Å². The van der Waals surface area contributed by atoms with Crippen molar-refractivity contribution in [3.8, 4) is 5.75 Å². The number of phenolic OH excluding ortho intramolecular Hbond substituents is 1. The number of benzene rings is 2. The van der Waals surface area contributed by atoms with Gasteiger partial charge in [-0.3, -0.25) is 24.0 Å². The molecule has 3 fully saturated rings. The number of nitrogens with zero attached hydrogens (tertiary/aromatic N) is 5. The average molecular weight is 802 g/mol. The van der Waals surface area contributed by atoms with Crippen LogP contribution in [0.1, 0.15) is 72.3 Å². The third-order valence-electron chi connectivity index (χ3n) is 11.7. The Morgan fingerprint density at radius 3 is 2.71 bits per heavy atom. The lowest BCUT2D eigenvalue weighted by molar-refractivity contribution is -0.132. The molecule has 2 aromatic carbocycles. The molecule has 1 aliphatic carbocycles. The topological polar surface area (TPSA) is 165 Å². The quantitative estimate of drug-likeness (QED) is 0.109. The molecule has 0 bridgehead atoms. The Morgan fingerprint density at radius 1 is 1.10 bits per heavy atom. The summed E-state index contributed by atoms with van der Waals surface area (Å²) in [6.07, 6.45) is 5.60. The number of aromatic hydroxyl groups is 1. The van der Waals surface area contributed by atoms with E-state index < -0.39 is 11.7 Å². The number of likely N-dealkylation sites (N-methyl/N-ethyl adjacent to an activating group) is 1. The van der Waals surface area contributed by atoms with E-state index in [4.69, 9.17) is 9.47 Å². The first-order chi connectivity index (χ1) is 28.1. The Kier molecular flexibility index (Phi) is 13.5. The maximum atomic E-state index is 15.7. The number of phenols is 1. The van der Waals surface area contributed by atoms with Gasteiger partial charge in [0.25, 0.3) is 5.91 Å². The summed E-state index contributed by atoms with van der Waals surface area (Å²) in [6.45, 7) is 8.50. The highest BCUT2D eigenvalue weighted by Crippen LogP contribution is 2.33. The van der Waals surface area contributed by atoms with Gasteiger partial charge < -0.3 is 39.8 Å². The van der Waals surface area contributed by atoms with Gasteiger partial charge in [-0.05, 0) is 74.3 Å². The van der Waals surface area contributed by atoms with Crippen LogP contribution in [0.15, 0.2) is 59.5 Å². The third-order valence-corrected chi connectivity index (χ3v) is 11.7. The summed E-state index contributed by atoms with van der Waals surface area (Å²) in [4.78, 5) is 46.4. The summed E-state index contributed by atoms with van der Waals surface area (Å²) in [5.74, 6) is 0.299. The van der Waals surface area contributed by atoms with E-state index in [2.05, 4.69) is 20.3 Å². The summed E-state index contributed by atoms with van der Waals surface area (Å²) in [6, 6.07) is 13.3. The van der Waals surface area contributed by atoms with Crippen LogP contribution in [0, 0.1) is 11.7 Å². The van der Waals surface area contributed by atoms with Gasteiger partial charge in [-0.25, -0.2) is 4.39 Å². The summed E-state index contributed by atoms with van der Waals surface area (Å²) in [7, 11) is 0. The number of nitrogens with one attached hydrogen (secondary N) is 2. The number of pyridine rings is 1. The molecule has 1 saturated carbocycles. The van der Waals surface area contributed by atoms with Gasteiger partial charge in [-0.1, -0.05) is 24.3 Å². The van der Waals surface area contributed by atoms with Crippen LogP contribution in [0.4, 0.5) is 4.39 Å². The van der Waals surface area contributed by atoms with E-state index in [1.165, 1.54) is 25.0 Å². The molecule has 2 aliphatic heterocycles. The van der Waals surface area contributed by atoms with E-state index in [9.17, 15) is 24.6 Å². The van der Waals surface area contributed by atoms with Crippen molar-refractivity contribution in [2.24, 2.45) is 5.92 Å². The van der Waals surface area contributed by atoms with Crippen LogP contribution in [-0.2, 0) is 33.8 Å². The first-order valence-corrected chi connectivity index (χ1v) is 20.7. The number of halogens is 1. The zero-order chi connectivity index (χ0) is 40.6. The number of aliphatic hydroxyl groups is 1. The van der Waals surface area contributed by atoms with Crippen LogP contribution in [0.2, 0.25) is 0 Å². The van der Waals surface area contributed by atoms with E-state index in [1.54, 1.807) is 23.1 Å². The highest BCUT2D eigenvalue weighted by molar-refractivity contribution is 5.92. The standard InChI is InChI=1S/C43H56FN7O7/c1-2-49(21-17-45-26-37(53)33-8-10-36(52)41-34(33)9-11-38(54)46-41)39(55)14-24-57-23-13-31-4-3-5-32(40(31)44)28-48-19-15-43(16-20-48)29-50(22-25-58-43)42(56)35-12-18-51(47-35)27-30-6-7-30/h3-5,8-12,18,30,37,45,52-53H,2,6-7,13-17,19-29H2,1H3,(H,46,54). The third kappa shape index (κ3) is 10.3. The summed E-state index contributed by atoms with van der Waals surface area (Å²) in [5.41, 5.74) is 1.82. The number of likely N-dealkylation sites (tertiary alicyclic amines) is 1. The zero-order valence-corrected chi connectivity index (χ0v) is 33.3. The number of carbonyl (C=O) groups is 2. The van der Waals surface area contributed by atoms with Crippen molar-refractivity contribution in [2.45, 2.75) is 70.2 Å². The van der Waals surface area contributed by atoms with E-state index in [1.807, 2.05) is 40.9 Å². The highest BCUT2D eigenvalue weighted by atomic mass is 19.1. The van der Waals surface area contributed by atoms with Crippen LogP contribution in [0.3, 0.4) is 0 Å². The van der Waals surface area contributed by atoms with Gasteiger partial charge in [0.2, 0.25) is 11.5 Å². The maximum Gasteiger partial charge on any atom is 0.274 e. The van der Waals surface area contributed by atoms with Gasteiger partial charge in [0.15, 0.2) is 0 Å². The van der Waals surface area contributed by atoms with Gasteiger partial charge in [-0.2, -0.15) is 5.10 Å². The first kappa shape index (κ1) is 41.5. The van der Waals surface area contributed by atoms with Gasteiger partial charge in [0.05, 0.1) is 50.0 Å². The number of rotatable bonds is 18. The Bertz CT molecular complexity index is 2090. The number of carbonyl (C=O) groups excluding carboxylic acids is 2. The van der Waals surface area contributed by atoms with Crippen LogP contribution < -0.4 is 10.9 Å². The zero-order valence-electron chi connectivity index (χ0n) is 33.3. The smallest absolute Gasteiger partial charge is 0.274 e. The lowest BCUT2D eigenvalue weighted by Gasteiger charge is -2.47. The molecule has 7 rings (SSSR count). The second-order valence-electron chi connectivity index (χ2n) is 15.9. The first-order valence-electron chi connectivity index (χ1n) is 20.7. The summed E-state index contributed by atoms with van der Waals surface area (Å²) in [5, 5.41) is 29.2. The minimum Gasteiger partial charge on any atom is -0.506 e. The largest absolute Gasteiger partial charge is 0.506 e. The lowest BCUT2D eigenvalue weighted by Crippen LogP contribution is -2.58. The molecule has 2 saturated heterocycles. The molecular weight excluding hydrogens is 746 g/mol. The molecule has 1 spiro atoms. The van der Waals surface area contributed by atoms with E-state index in [-0.39, 0.29) is 54.0 Å². The number of aromatic nitrogens is 3. The van der Waals surface area contributed by atoms with E-state index in [0.29, 0.717) is 92.6 Å². The predicted molar refractivity (Wildman–Crippen MR) is 216 cm³/mol. The van der Waals surface area contributed by atoms with Crippen molar-refractivity contribution in [3.63, 3.8) is 0 Å². The molecular formula is C43H56FN7O7. The highest BCUT2D eigenvalue weighted by Gasteiger charge is 2.41. The van der Waals surface area contributed by atoms with Crippen LogP contribution in [0.25, 0.3) is 10.9 Å². The number of ether oxygens (including phenoxy) is 2. The van der Waals surface area contributed by atoms with Gasteiger partial charge >= 0.3 is 0 Å². The van der Waals surface area contributed by atoms with E-state index >= 15 is 4.39 Å². The second kappa shape index (κ2) is 18.9. The van der Waals surface area contributed by atoms with Crippen molar-refractivity contribution in [2.75, 3.05) is 72.2 Å². The Labute approximate surface area is 337 Å². The molecule has 312 valence electrons. The normalized spacial score (nSPS) is 17.5. The van der Waals surface area contributed by atoms with Crippen LogP contribution in [0.5, 0.6) is 5.75 Å². The number of fused-ring (bicyclic) bond motifs is 1. The van der Waals surface area contributed by atoms with Crippen molar-refractivity contribution in [1.82, 2.24) is 34.8 Å². The molecule has 14 nitrogen and oxygen atoms in total. The Hall–Kier alpha value is -4.67. The van der Waals surface area contributed by atoms with Crippen molar-refractivity contribution in [3.05, 3.63) is 93.3 Å². The van der Waals surface area contributed by atoms with Crippen LogP contribution in [-0.4, -0.2) is 129 Å². The number of aromatic amines is 1. The summed E-state index contributed by atoms with van der Waals surface area (Å²) < 4.78 is 29.6. The minimum absolute atomic E-state index is 0.0425. The summed E-state index contributed by atoms with van der Waals surface area (Å²) >= 11 is 0. The Balaban J connectivity index is 0.796. The molecule has 1 unspecified atom stereocenters. The molecule has 4 heterocycles. The van der Waals surface area contributed by atoms with Gasteiger partial charge in [-0.15, -0.1) is 0 Å². The van der Waals surface area contributed by atoms with Crippen molar-refractivity contribution in [1.29, 1.82) is 0 Å². The van der Waals surface area contributed by atoms with Crippen molar-refractivity contribution < 1.29 is 33.7 Å². The van der Waals surface area contributed by atoms with Gasteiger partial charge in [0, 0.05) is 82.1 Å². The molecule has 3 aliphatic rings. The lowest BCUT2D eigenvalue weighted by atomic mass is 9.89. The minimum atomic E-state index is -0.891. The van der Waals surface area contributed by atoms with Crippen LogP contribution >= 0.6 is 0 Å². The number of aliphatic hydroxyl groups excluding tert-OH is 1. The maximum absolute atomic E-state index is 15.7. The molecule has 4 aromatic rings. The number of hydrogen-bond acceptors (Lipinski definition) is 10. The molecule has 15 heteroatoms. The molecule has 2 amide bonds. The molecule has 1 atom stereocenters. The predicted octanol–water partition coefficient (Wildman–Crippen LogP) is 3.61. The fraction of sp³-hybridized carbons (Fsp3) is 0.535. The Morgan fingerprint density at radius 2 is 1.91 bits per heavy atom. The fourth-order valence-corrected chi connectivity index (χ4v) is 8.11. The molecule has 2 aromatic heterocycles. The monoisotopic (exact) mass is 801 g/mol. The fourth-order valence-electron chi connectivity index (χ4n) is 8.11. The second-order valence-corrected chi connectivity index (χ2v) is 15.9.